The number of allylic oxidation sites excluding steroid dienone is 1. The predicted octanol–water partition coefficient (Wildman–Crippen LogP) is 4.16. The van der Waals surface area contributed by atoms with Gasteiger partial charge in [-0.2, -0.15) is 0 Å². The van der Waals surface area contributed by atoms with E-state index < -0.39 is 12.0 Å². The highest BCUT2D eigenvalue weighted by molar-refractivity contribution is 7.07. The molecule has 2 aromatic carbocycles. The van der Waals surface area contributed by atoms with E-state index in [0.29, 0.717) is 62.1 Å². The van der Waals surface area contributed by atoms with Crippen molar-refractivity contribution in [3.8, 4) is 17.1 Å². The lowest BCUT2D eigenvalue weighted by molar-refractivity contribution is -0.127. The molecule has 1 aliphatic rings. The van der Waals surface area contributed by atoms with E-state index in [1.165, 1.54) is 18.4 Å². The molecule has 0 fully saturated rings. The summed E-state index contributed by atoms with van der Waals surface area (Å²) >= 11 is 1.24. The molecule has 1 atom stereocenters. The van der Waals surface area contributed by atoms with E-state index in [1.807, 2.05) is 38.1 Å². The van der Waals surface area contributed by atoms with Gasteiger partial charge in [0.05, 0.1) is 35.6 Å². The highest BCUT2D eigenvalue weighted by Crippen LogP contribution is 2.36. The molecule has 216 valence electrons. The Balaban J connectivity index is 1.61. The van der Waals surface area contributed by atoms with Gasteiger partial charge in [-0.25, -0.2) is 9.79 Å². The van der Waals surface area contributed by atoms with Crippen molar-refractivity contribution in [2.75, 3.05) is 27.3 Å². The van der Waals surface area contributed by atoms with E-state index in [0.717, 1.165) is 5.56 Å². The molecule has 42 heavy (non-hydrogen) atoms. The first-order chi connectivity index (χ1) is 20.3. The number of amides is 1. The van der Waals surface area contributed by atoms with Crippen LogP contribution in [0, 0.1) is 0 Å². The maximum atomic E-state index is 14.0. The molecule has 0 aliphatic carbocycles. The van der Waals surface area contributed by atoms with Gasteiger partial charge in [-0.1, -0.05) is 41.7 Å². The number of hydrogen-bond donors (Lipinski definition) is 0. The van der Waals surface area contributed by atoms with Gasteiger partial charge in [-0.05, 0) is 51.1 Å². The van der Waals surface area contributed by atoms with E-state index in [9.17, 15) is 14.4 Å². The highest BCUT2D eigenvalue weighted by Gasteiger charge is 2.35. The van der Waals surface area contributed by atoms with Crippen molar-refractivity contribution in [2.24, 2.45) is 4.99 Å². The lowest BCUT2D eigenvalue weighted by Gasteiger charge is -2.29. The van der Waals surface area contributed by atoms with Crippen molar-refractivity contribution in [1.29, 1.82) is 0 Å². The lowest BCUT2D eigenvalue weighted by Crippen LogP contribution is -2.43. The number of thiazole rings is 1. The fraction of sp³-hybridized carbons (Fsp3) is 0.250. The molecule has 0 spiro atoms. The number of carbonyl (C=O) groups excluding carboxylic acids is 2. The number of carbonyl (C=O) groups is 2. The SMILES string of the molecule is CCN(CC)C(=O)C1=C(C)N=c2s/c(=C/c3ccc(-c4ccc(C(=O)OC)cc4)o3)c(=O)n2[C@H]1c1ccccc1OC. The largest absolute Gasteiger partial charge is 0.496 e. The van der Waals surface area contributed by atoms with Crippen molar-refractivity contribution in [3.63, 3.8) is 0 Å². The Morgan fingerprint density at radius 1 is 1.05 bits per heavy atom. The molecule has 0 bridgehead atoms. The molecule has 1 aliphatic heterocycles. The van der Waals surface area contributed by atoms with Gasteiger partial charge in [0.15, 0.2) is 4.80 Å². The number of aromatic nitrogens is 1. The second kappa shape index (κ2) is 12.0. The molecule has 3 heterocycles. The van der Waals surface area contributed by atoms with Crippen LogP contribution >= 0.6 is 11.3 Å². The number of para-hydroxylation sites is 1. The van der Waals surface area contributed by atoms with E-state index in [-0.39, 0.29) is 11.5 Å². The number of methoxy groups -OCH3 is 2. The minimum absolute atomic E-state index is 0.166. The van der Waals surface area contributed by atoms with Crippen LogP contribution in [0.25, 0.3) is 17.4 Å². The van der Waals surface area contributed by atoms with Crippen molar-refractivity contribution in [2.45, 2.75) is 26.8 Å². The number of likely N-dealkylation sites (N-methyl/N-ethyl adjacent to an activating group) is 1. The van der Waals surface area contributed by atoms with Gasteiger partial charge in [0.25, 0.3) is 11.5 Å². The summed E-state index contributed by atoms with van der Waals surface area (Å²) < 4.78 is 18.5. The van der Waals surface area contributed by atoms with E-state index in [2.05, 4.69) is 0 Å². The third kappa shape index (κ3) is 5.21. The molecule has 0 saturated heterocycles. The first kappa shape index (κ1) is 28.8. The first-order valence-corrected chi connectivity index (χ1v) is 14.4. The molecule has 2 aromatic heterocycles. The molecule has 9 nitrogen and oxygen atoms in total. The van der Waals surface area contributed by atoms with Crippen LogP contribution in [-0.2, 0) is 9.53 Å². The normalized spacial score (nSPS) is 14.8. The number of rotatable bonds is 8. The maximum Gasteiger partial charge on any atom is 0.337 e. The quantitative estimate of drug-likeness (QED) is 0.288. The van der Waals surface area contributed by atoms with Crippen molar-refractivity contribution in [3.05, 3.63) is 109 Å². The maximum absolute atomic E-state index is 14.0. The Labute approximate surface area is 246 Å². The summed E-state index contributed by atoms with van der Waals surface area (Å²) in [4.78, 5) is 46.5. The summed E-state index contributed by atoms with van der Waals surface area (Å²) in [6.07, 6.45) is 1.68. The standard InChI is InChI=1S/C32H31N3O6S/c1-6-34(7-2)30(37)27-19(3)33-32-35(28(27)23-10-8-9-11-25(23)39-4)29(36)26(42-32)18-22-16-17-24(41-22)20-12-14-21(15-13-20)31(38)40-5/h8-18,28H,6-7H2,1-5H3/b26-18+/t28-/m0/s1. The van der Waals surface area contributed by atoms with Crippen molar-refractivity contribution >= 4 is 29.3 Å². The zero-order valence-electron chi connectivity index (χ0n) is 24.0. The van der Waals surface area contributed by atoms with Gasteiger partial charge in [0, 0.05) is 30.3 Å². The van der Waals surface area contributed by atoms with Gasteiger partial charge < -0.3 is 18.8 Å². The number of benzene rings is 2. The van der Waals surface area contributed by atoms with Gasteiger partial charge in [-0.3, -0.25) is 14.2 Å². The summed E-state index contributed by atoms with van der Waals surface area (Å²) in [6, 6.07) is 17.2. The summed E-state index contributed by atoms with van der Waals surface area (Å²) in [7, 11) is 2.91. The number of esters is 1. The van der Waals surface area contributed by atoms with Crippen LogP contribution in [0.15, 0.2) is 86.1 Å². The number of nitrogens with zero attached hydrogens (tertiary/aromatic N) is 3. The number of ether oxygens (including phenoxy) is 2. The molecule has 5 rings (SSSR count). The molecular weight excluding hydrogens is 554 g/mol. The minimum Gasteiger partial charge on any atom is -0.496 e. The number of furan rings is 1. The smallest absolute Gasteiger partial charge is 0.337 e. The molecule has 4 aromatic rings. The molecule has 0 radical (unpaired) electrons. The summed E-state index contributed by atoms with van der Waals surface area (Å²) in [5.41, 5.74) is 2.63. The third-order valence-electron chi connectivity index (χ3n) is 7.23. The highest BCUT2D eigenvalue weighted by atomic mass is 32.1. The second-order valence-electron chi connectivity index (χ2n) is 9.57. The Morgan fingerprint density at radius 2 is 1.76 bits per heavy atom. The van der Waals surface area contributed by atoms with Gasteiger partial charge in [0.2, 0.25) is 0 Å². The topological polar surface area (TPSA) is 103 Å². The number of fused-ring (bicyclic) bond motifs is 1. The number of hydrogen-bond acceptors (Lipinski definition) is 8. The molecule has 0 saturated carbocycles. The predicted molar refractivity (Wildman–Crippen MR) is 160 cm³/mol. The van der Waals surface area contributed by atoms with E-state index in [1.54, 1.807) is 66.0 Å². The Hall–Kier alpha value is -4.70. The van der Waals surface area contributed by atoms with Gasteiger partial charge in [0.1, 0.15) is 23.3 Å². The van der Waals surface area contributed by atoms with Crippen LogP contribution in [0.3, 0.4) is 0 Å². The average molecular weight is 586 g/mol. The Morgan fingerprint density at radius 3 is 2.43 bits per heavy atom. The zero-order valence-corrected chi connectivity index (χ0v) is 24.9. The molecule has 0 unspecified atom stereocenters. The summed E-state index contributed by atoms with van der Waals surface area (Å²) in [6.45, 7) is 6.72. The van der Waals surface area contributed by atoms with Crippen LogP contribution in [0.5, 0.6) is 5.75 Å². The van der Waals surface area contributed by atoms with Crippen LogP contribution in [0.1, 0.15) is 48.5 Å². The molecular formula is C32H31N3O6S. The first-order valence-electron chi connectivity index (χ1n) is 13.5. The summed E-state index contributed by atoms with van der Waals surface area (Å²) in [5.74, 6) is 1.06. The van der Waals surface area contributed by atoms with Crippen molar-refractivity contribution in [1.82, 2.24) is 9.47 Å². The fourth-order valence-electron chi connectivity index (χ4n) is 5.07. The fourth-order valence-corrected chi connectivity index (χ4v) is 6.09. The lowest BCUT2D eigenvalue weighted by atomic mass is 9.94. The molecule has 1 amide bonds. The van der Waals surface area contributed by atoms with Crippen LogP contribution in [0.4, 0.5) is 0 Å². The Bertz CT molecular complexity index is 1860. The van der Waals surface area contributed by atoms with Gasteiger partial charge >= 0.3 is 5.97 Å². The zero-order chi connectivity index (χ0) is 30.0. The average Bonchev–Trinajstić information content (AvgIpc) is 3.60. The van der Waals surface area contributed by atoms with E-state index >= 15 is 0 Å². The molecule has 0 N–H and O–H groups in total. The van der Waals surface area contributed by atoms with E-state index in [4.69, 9.17) is 18.9 Å². The van der Waals surface area contributed by atoms with Crippen LogP contribution in [0.2, 0.25) is 0 Å². The van der Waals surface area contributed by atoms with Crippen LogP contribution < -0.4 is 19.6 Å². The van der Waals surface area contributed by atoms with Gasteiger partial charge in [-0.15, -0.1) is 0 Å². The van der Waals surface area contributed by atoms with Crippen molar-refractivity contribution < 1.29 is 23.5 Å². The summed E-state index contributed by atoms with van der Waals surface area (Å²) in [5, 5.41) is 0. The molecule has 10 heteroatoms. The minimum atomic E-state index is -0.715. The van der Waals surface area contributed by atoms with Crippen LogP contribution in [-0.4, -0.2) is 48.7 Å². The monoisotopic (exact) mass is 585 g/mol. The second-order valence-corrected chi connectivity index (χ2v) is 10.6. The third-order valence-corrected chi connectivity index (χ3v) is 8.21. The Kier molecular flexibility index (Phi) is 8.26.